The van der Waals surface area contributed by atoms with Crippen LogP contribution in [0.3, 0.4) is 0 Å². The van der Waals surface area contributed by atoms with Crippen molar-refractivity contribution in [1.29, 1.82) is 0 Å². The molecule has 134 valence electrons. The SMILES string of the molecule is Cc1ccc2oc(-c3ccc(N=Cc4cc(Cl)cc(Cl)c4O)cc3)nc2c1. The minimum atomic E-state index is -0.0526. The molecule has 1 N–H and O–H groups in total. The number of aliphatic imine (C=N–C) groups is 1. The predicted octanol–water partition coefficient (Wildman–Crippen LogP) is 6.57. The summed E-state index contributed by atoms with van der Waals surface area (Å²) in [7, 11) is 0. The van der Waals surface area contributed by atoms with E-state index in [9.17, 15) is 5.11 Å². The fourth-order valence-corrected chi connectivity index (χ4v) is 3.19. The molecular weight excluding hydrogens is 383 g/mol. The highest BCUT2D eigenvalue weighted by atomic mass is 35.5. The van der Waals surface area contributed by atoms with Gasteiger partial charge in [-0.2, -0.15) is 0 Å². The summed E-state index contributed by atoms with van der Waals surface area (Å²) in [6, 6.07) is 16.4. The van der Waals surface area contributed by atoms with Gasteiger partial charge in [0.1, 0.15) is 11.3 Å². The maximum atomic E-state index is 9.98. The molecule has 0 saturated carbocycles. The van der Waals surface area contributed by atoms with Crippen LogP contribution in [0.1, 0.15) is 11.1 Å². The molecule has 0 radical (unpaired) electrons. The van der Waals surface area contributed by atoms with E-state index in [0.717, 1.165) is 22.2 Å². The summed E-state index contributed by atoms with van der Waals surface area (Å²) in [5.74, 6) is 0.508. The van der Waals surface area contributed by atoms with E-state index in [4.69, 9.17) is 27.6 Å². The zero-order valence-electron chi connectivity index (χ0n) is 14.3. The second kappa shape index (κ2) is 7.06. The van der Waals surface area contributed by atoms with Crippen LogP contribution < -0.4 is 0 Å². The Labute approximate surface area is 165 Å². The molecule has 0 fully saturated rings. The van der Waals surface area contributed by atoms with E-state index in [1.807, 2.05) is 49.4 Å². The number of halogens is 2. The predicted molar refractivity (Wildman–Crippen MR) is 110 cm³/mol. The summed E-state index contributed by atoms with van der Waals surface area (Å²) in [5, 5.41) is 10.6. The normalized spacial score (nSPS) is 11.5. The molecule has 4 aromatic rings. The summed E-state index contributed by atoms with van der Waals surface area (Å²) >= 11 is 11.9. The van der Waals surface area contributed by atoms with Crippen molar-refractivity contribution in [1.82, 2.24) is 4.98 Å². The molecule has 27 heavy (non-hydrogen) atoms. The zero-order chi connectivity index (χ0) is 19.0. The molecule has 1 aromatic heterocycles. The van der Waals surface area contributed by atoms with Gasteiger partial charge in [0.25, 0.3) is 0 Å². The van der Waals surface area contributed by atoms with Gasteiger partial charge in [-0.3, -0.25) is 4.99 Å². The van der Waals surface area contributed by atoms with Gasteiger partial charge in [0.05, 0.1) is 10.7 Å². The number of benzene rings is 3. The monoisotopic (exact) mass is 396 g/mol. The lowest BCUT2D eigenvalue weighted by atomic mass is 10.2. The number of aromatic hydroxyl groups is 1. The average molecular weight is 397 g/mol. The standard InChI is InChI=1S/C21H14Cl2N2O2/c1-12-2-7-19-18(8-12)25-21(27-19)13-3-5-16(6-4-13)24-11-14-9-15(22)10-17(23)20(14)26/h2-11,26H,1H3. The van der Waals surface area contributed by atoms with Crippen LogP contribution >= 0.6 is 23.2 Å². The Bertz CT molecular complexity index is 1160. The summed E-state index contributed by atoms with van der Waals surface area (Å²) in [4.78, 5) is 8.89. The van der Waals surface area contributed by atoms with Crippen LogP contribution in [0.4, 0.5) is 5.69 Å². The molecule has 0 spiro atoms. The third-order valence-electron chi connectivity index (χ3n) is 4.07. The summed E-state index contributed by atoms with van der Waals surface area (Å²) in [5.41, 5.74) is 4.74. The van der Waals surface area contributed by atoms with Crippen molar-refractivity contribution in [3.63, 3.8) is 0 Å². The number of fused-ring (bicyclic) bond motifs is 1. The first kappa shape index (κ1) is 17.6. The Morgan fingerprint density at radius 3 is 2.59 bits per heavy atom. The van der Waals surface area contributed by atoms with E-state index in [1.54, 1.807) is 6.07 Å². The number of aryl methyl sites for hydroxylation is 1. The van der Waals surface area contributed by atoms with Crippen LogP contribution in [0.2, 0.25) is 10.0 Å². The molecule has 3 aromatic carbocycles. The van der Waals surface area contributed by atoms with E-state index in [-0.39, 0.29) is 10.8 Å². The van der Waals surface area contributed by atoms with Crippen LogP contribution in [0.25, 0.3) is 22.6 Å². The highest BCUT2D eigenvalue weighted by molar-refractivity contribution is 6.36. The second-order valence-electron chi connectivity index (χ2n) is 6.12. The fraction of sp³-hybridized carbons (Fsp3) is 0.0476. The highest BCUT2D eigenvalue weighted by Gasteiger charge is 2.09. The van der Waals surface area contributed by atoms with Crippen molar-refractivity contribution >= 4 is 46.2 Å². The first-order valence-corrected chi connectivity index (χ1v) is 8.95. The smallest absolute Gasteiger partial charge is 0.227 e. The van der Waals surface area contributed by atoms with Crippen molar-refractivity contribution in [3.8, 4) is 17.2 Å². The molecule has 0 aliphatic rings. The maximum Gasteiger partial charge on any atom is 0.227 e. The van der Waals surface area contributed by atoms with Gasteiger partial charge in [-0.25, -0.2) is 4.98 Å². The number of hydrogen-bond donors (Lipinski definition) is 1. The number of hydrogen-bond acceptors (Lipinski definition) is 4. The van der Waals surface area contributed by atoms with Crippen molar-refractivity contribution < 1.29 is 9.52 Å². The van der Waals surface area contributed by atoms with Crippen LogP contribution in [0.5, 0.6) is 5.75 Å². The van der Waals surface area contributed by atoms with E-state index in [1.165, 1.54) is 12.3 Å². The van der Waals surface area contributed by atoms with Gasteiger partial charge in [-0.05, 0) is 61.0 Å². The molecule has 0 bridgehead atoms. The van der Waals surface area contributed by atoms with Gasteiger partial charge < -0.3 is 9.52 Å². The number of nitrogens with zero attached hydrogens (tertiary/aromatic N) is 2. The summed E-state index contributed by atoms with van der Waals surface area (Å²) in [6.07, 6.45) is 1.52. The third kappa shape index (κ3) is 3.68. The Balaban J connectivity index is 1.60. The minimum absolute atomic E-state index is 0.0526. The van der Waals surface area contributed by atoms with E-state index in [0.29, 0.717) is 22.2 Å². The molecule has 6 heteroatoms. The molecule has 0 atom stereocenters. The van der Waals surface area contributed by atoms with Crippen molar-refractivity contribution in [2.45, 2.75) is 6.92 Å². The molecule has 0 amide bonds. The quantitative estimate of drug-likeness (QED) is 0.398. The Hall–Kier alpha value is -2.82. The number of phenolic OH excluding ortho intramolecular Hbond substituents is 1. The molecule has 4 rings (SSSR count). The topological polar surface area (TPSA) is 58.6 Å². The number of rotatable bonds is 3. The highest BCUT2D eigenvalue weighted by Crippen LogP contribution is 2.31. The number of oxazole rings is 1. The van der Waals surface area contributed by atoms with Crippen LogP contribution in [-0.2, 0) is 0 Å². The van der Waals surface area contributed by atoms with Crippen molar-refractivity contribution in [2.75, 3.05) is 0 Å². The number of phenols is 1. The molecule has 4 nitrogen and oxygen atoms in total. The molecule has 0 aliphatic carbocycles. The lowest BCUT2D eigenvalue weighted by Crippen LogP contribution is -1.84. The first-order chi connectivity index (χ1) is 13.0. The average Bonchev–Trinajstić information content (AvgIpc) is 3.07. The van der Waals surface area contributed by atoms with Gasteiger partial charge in [0, 0.05) is 22.4 Å². The van der Waals surface area contributed by atoms with Gasteiger partial charge in [-0.15, -0.1) is 0 Å². The summed E-state index contributed by atoms with van der Waals surface area (Å²) in [6.45, 7) is 2.02. The van der Waals surface area contributed by atoms with Crippen LogP contribution in [-0.4, -0.2) is 16.3 Å². The van der Waals surface area contributed by atoms with E-state index < -0.39 is 0 Å². The maximum absolute atomic E-state index is 9.98. The Kier molecular flexibility index (Phi) is 4.60. The molecule has 1 heterocycles. The van der Waals surface area contributed by atoms with Crippen LogP contribution in [0.15, 0.2) is 64.0 Å². The fourth-order valence-electron chi connectivity index (χ4n) is 2.68. The van der Waals surface area contributed by atoms with Gasteiger partial charge in [-0.1, -0.05) is 29.3 Å². The van der Waals surface area contributed by atoms with Gasteiger partial charge >= 0.3 is 0 Å². The summed E-state index contributed by atoms with van der Waals surface area (Å²) < 4.78 is 5.81. The van der Waals surface area contributed by atoms with E-state index >= 15 is 0 Å². The second-order valence-corrected chi connectivity index (χ2v) is 6.96. The minimum Gasteiger partial charge on any atom is -0.506 e. The molecule has 0 aliphatic heterocycles. The largest absolute Gasteiger partial charge is 0.506 e. The van der Waals surface area contributed by atoms with Gasteiger partial charge in [0.2, 0.25) is 5.89 Å². The Morgan fingerprint density at radius 2 is 1.81 bits per heavy atom. The molecule has 0 unspecified atom stereocenters. The van der Waals surface area contributed by atoms with Crippen LogP contribution in [0, 0.1) is 6.92 Å². The van der Waals surface area contributed by atoms with Crippen molar-refractivity contribution in [2.24, 2.45) is 4.99 Å². The Morgan fingerprint density at radius 1 is 1.04 bits per heavy atom. The lowest BCUT2D eigenvalue weighted by molar-refractivity contribution is 0.475. The molecule has 0 saturated heterocycles. The lowest BCUT2D eigenvalue weighted by Gasteiger charge is -2.02. The van der Waals surface area contributed by atoms with Crippen molar-refractivity contribution in [3.05, 3.63) is 75.8 Å². The van der Waals surface area contributed by atoms with Gasteiger partial charge in [0.15, 0.2) is 5.58 Å². The third-order valence-corrected chi connectivity index (χ3v) is 4.57. The zero-order valence-corrected chi connectivity index (χ0v) is 15.8. The van der Waals surface area contributed by atoms with E-state index in [2.05, 4.69) is 9.98 Å². The molecular formula is C21H14Cl2N2O2. The number of aromatic nitrogens is 1. The first-order valence-electron chi connectivity index (χ1n) is 8.19.